The molecule has 9 N–H and O–H groups in total. The molecular formula is C15H31NO10. The Kier molecular flexibility index (Phi) is 10.4. The van der Waals surface area contributed by atoms with Gasteiger partial charge < -0.3 is 55.6 Å². The molecule has 0 radical (unpaired) electrons. The van der Waals surface area contributed by atoms with Crippen LogP contribution < -0.4 is 5.32 Å². The molecule has 0 spiro atoms. The molecule has 9 unspecified atom stereocenters. The molecule has 0 aromatic rings. The third kappa shape index (κ3) is 6.04. The van der Waals surface area contributed by atoms with Crippen LogP contribution >= 0.6 is 0 Å². The Morgan fingerprint density at radius 3 is 2.12 bits per heavy atom. The number of rotatable bonds is 11. The maximum atomic E-state index is 10.1. The lowest BCUT2D eigenvalue weighted by atomic mass is 9.93. The summed E-state index contributed by atoms with van der Waals surface area (Å²) in [6, 6.07) is 0. The van der Waals surface area contributed by atoms with Gasteiger partial charge >= 0.3 is 0 Å². The van der Waals surface area contributed by atoms with Crippen LogP contribution in [0.1, 0.15) is 0 Å². The van der Waals surface area contributed by atoms with Crippen molar-refractivity contribution in [1.29, 1.82) is 0 Å². The normalized spacial score (nSPS) is 34.3. The quantitative estimate of drug-likeness (QED) is 0.165. The third-order valence-electron chi connectivity index (χ3n) is 4.51. The van der Waals surface area contributed by atoms with Crippen LogP contribution in [0.3, 0.4) is 0 Å². The van der Waals surface area contributed by atoms with Crippen LogP contribution in [0, 0.1) is 5.92 Å². The molecule has 0 saturated carbocycles. The molecule has 0 bridgehead atoms. The van der Waals surface area contributed by atoms with Crippen molar-refractivity contribution in [2.24, 2.45) is 5.92 Å². The van der Waals surface area contributed by atoms with E-state index in [1.807, 2.05) is 0 Å². The van der Waals surface area contributed by atoms with E-state index in [-0.39, 0.29) is 19.8 Å². The zero-order valence-corrected chi connectivity index (χ0v) is 14.6. The first-order valence-electron chi connectivity index (χ1n) is 8.46. The van der Waals surface area contributed by atoms with Crippen molar-refractivity contribution in [1.82, 2.24) is 5.32 Å². The van der Waals surface area contributed by atoms with E-state index in [2.05, 4.69) is 5.32 Å². The Morgan fingerprint density at radius 1 is 0.962 bits per heavy atom. The summed E-state index contributed by atoms with van der Waals surface area (Å²) in [6.07, 6.45) is -10.5. The fourth-order valence-corrected chi connectivity index (χ4v) is 2.82. The van der Waals surface area contributed by atoms with Gasteiger partial charge in [0.25, 0.3) is 0 Å². The molecule has 9 atom stereocenters. The van der Waals surface area contributed by atoms with E-state index in [1.165, 1.54) is 0 Å². The second kappa shape index (κ2) is 11.4. The molecule has 1 aliphatic heterocycles. The Bertz CT molecular complexity index is 387. The average Bonchev–Trinajstić information content (AvgIpc) is 2.64. The molecule has 1 aliphatic rings. The topological polar surface area (TPSA) is 192 Å². The minimum absolute atomic E-state index is 0.0581. The molecule has 26 heavy (non-hydrogen) atoms. The standard InChI is InChI=1S/C15H31NO10/c1-16-2-8(19)12(21)7(9(20)3-17)5-25-6-11-14(23)15(24)13(22)10(4-18)26-11/h7-24H,2-6H2,1H3. The van der Waals surface area contributed by atoms with Crippen molar-refractivity contribution < 1.29 is 50.3 Å². The Morgan fingerprint density at radius 2 is 1.58 bits per heavy atom. The highest BCUT2D eigenvalue weighted by atomic mass is 16.6. The summed E-state index contributed by atoms with van der Waals surface area (Å²) in [6.45, 7) is -1.72. The number of aliphatic hydroxyl groups is 8. The van der Waals surface area contributed by atoms with E-state index < -0.39 is 68.0 Å². The van der Waals surface area contributed by atoms with Gasteiger partial charge in [-0.1, -0.05) is 0 Å². The Labute approximate surface area is 151 Å². The summed E-state index contributed by atoms with van der Waals surface area (Å²) in [5.74, 6) is -1.02. The largest absolute Gasteiger partial charge is 0.394 e. The van der Waals surface area contributed by atoms with Gasteiger partial charge in [0.05, 0.1) is 44.7 Å². The van der Waals surface area contributed by atoms with Crippen molar-refractivity contribution in [3.8, 4) is 0 Å². The van der Waals surface area contributed by atoms with Gasteiger partial charge in [-0.05, 0) is 7.05 Å². The highest BCUT2D eigenvalue weighted by Gasteiger charge is 2.43. The van der Waals surface area contributed by atoms with Gasteiger partial charge in [0, 0.05) is 12.5 Å². The first-order valence-corrected chi connectivity index (χ1v) is 8.46. The summed E-state index contributed by atoms with van der Waals surface area (Å²) >= 11 is 0. The number of nitrogens with one attached hydrogen (secondary N) is 1. The zero-order chi connectivity index (χ0) is 19.9. The van der Waals surface area contributed by atoms with E-state index in [4.69, 9.17) is 19.7 Å². The van der Waals surface area contributed by atoms with E-state index in [1.54, 1.807) is 7.05 Å². The second-order valence-corrected chi connectivity index (χ2v) is 6.43. The van der Waals surface area contributed by atoms with Gasteiger partial charge in [-0.2, -0.15) is 0 Å². The lowest BCUT2D eigenvalue weighted by molar-refractivity contribution is -0.240. The number of ether oxygens (including phenoxy) is 2. The maximum absolute atomic E-state index is 10.1. The van der Waals surface area contributed by atoms with E-state index in [0.29, 0.717) is 0 Å². The van der Waals surface area contributed by atoms with E-state index in [9.17, 15) is 30.6 Å². The Balaban J connectivity index is 2.63. The predicted molar refractivity (Wildman–Crippen MR) is 87.1 cm³/mol. The molecule has 1 heterocycles. The summed E-state index contributed by atoms with van der Waals surface area (Å²) < 4.78 is 10.6. The molecule has 0 amide bonds. The minimum Gasteiger partial charge on any atom is -0.394 e. The average molecular weight is 385 g/mol. The van der Waals surface area contributed by atoms with Crippen molar-refractivity contribution >= 4 is 0 Å². The van der Waals surface area contributed by atoms with Gasteiger partial charge in [0.2, 0.25) is 0 Å². The minimum atomic E-state index is -1.53. The van der Waals surface area contributed by atoms with Crippen LogP contribution in [-0.4, -0.2) is 130 Å². The summed E-state index contributed by atoms with van der Waals surface area (Å²) in [4.78, 5) is 0. The second-order valence-electron chi connectivity index (χ2n) is 6.43. The fraction of sp³-hybridized carbons (Fsp3) is 1.00. The van der Waals surface area contributed by atoms with Crippen LogP contribution in [-0.2, 0) is 9.47 Å². The van der Waals surface area contributed by atoms with Gasteiger partial charge in [-0.15, -0.1) is 0 Å². The van der Waals surface area contributed by atoms with Crippen molar-refractivity contribution in [3.63, 3.8) is 0 Å². The van der Waals surface area contributed by atoms with Crippen molar-refractivity contribution in [2.75, 3.05) is 40.0 Å². The summed E-state index contributed by atoms with van der Waals surface area (Å²) in [5.41, 5.74) is 0. The van der Waals surface area contributed by atoms with Crippen LogP contribution in [0.5, 0.6) is 0 Å². The molecule has 0 aliphatic carbocycles. The lowest BCUT2D eigenvalue weighted by Crippen LogP contribution is -2.59. The molecule has 0 aromatic heterocycles. The molecule has 1 rings (SSSR count). The maximum Gasteiger partial charge on any atom is 0.111 e. The first kappa shape index (κ1) is 23.6. The number of aliphatic hydroxyl groups excluding tert-OH is 8. The van der Waals surface area contributed by atoms with Crippen LogP contribution in [0.25, 0.3) is 0 Å². The third-order valence-corrected chi connectivity index (χ3v) is 4.51. The molecule has 156 valence electrons. The molecule has 11 nitrogen and oxygen atoms in total. The molecule has 1 saturated heterocycles. The summed E-state index contributed by atoms with van der Waals surface area (Å²) in [5, 5.41) is 80.1. The summed E-state index contributed by atoms with van der Waals surface area (Å²) in [7, 11) is 1.57. The smallest absolute Gasteiger partial charge is 0.111 e. The van der Waals surface area contributed by atoms with Crippen LogP contribution in [0.4, 0.5) is 0 Å². The van der Waals surface area contributed by atoms with Crippen molar-refractivity contribution in [3.05, 3.63) is 0 Å². The molecule has 0 aromatic carbocycles. The van der Waals surface area contributed by atoms with E-state index in [0.717, 1.165) is 0 Å². The van der Waals surface area contributed by atoms with Crippen molar-refractivity contribution in [2.45, 2.75) is 48.8 Å². The monoisotopic (exact) mass is 385 g/mol. The molecule has 1 fully saturated rings. The molecular weight excluding hydrogens is 354 g/mol. The first-order chi connectivity index (χ1) is 12.3. The van der Waals surface area contributed by atoms with Crippen LogP contribution in [0.15, 0.2) is 0 Å². The highest BCUT2D eigenvalue weighted by Crippen LogP contribution is 2.22. The van der Waals surface area contributed by atoms with Gasteiger partial charge in [0.15, 0.2) is 0 Å². The zero-order valence-electron chi connectivity index (χ0n) is 14.6. The number of hydrogen-bond acceptors (Lipinski definition) is 11. The van der Waals surface area contributed by atoms with Gasteiger partial charge in [-0.25, -0.2) is 0 Å². The number of likely N-dealkylation sites (N-methyl/N-ethyl adjacent to an activating group) is 1. The van der Waals surface area contributed by atoms with Crippen LogP contribution in [0.2, 0.25) is 0 Å². The SMILES string of the molecule is CNCC(O)C(O)C(COCC1OC(CO)C(O)C(O)C1O)C(O)CO. The van der Waals surface area contributed by atoms with E-state index >= 15 is 0 Å². The van der Waals surface area contributed by atoms with Gasteiger partial charge in [-0.3, -0.25) is 0 Å². The molecule has 11 heteroatoms. The lowest BCUT2D eigenvalue weighted by Gasteiger charge is -2.40. The fourth-order valence-electron chi connectivity index (χ4n) is 2.82. The highest BCUT2D eigenvalue weighted by molar-refractivity contribution is 4.92. The van der Waals surface area contributed by atoms with Gasteiger partial charge in [0.1, 0.15) is 30.5 Å². The predicted octanol–water partition coefficient (Wildman–Crippen LogP) is -5.24. The Hall–Kier alpha value is -0.440. The number of hydrogen-bond donors (Lipinski definition) is 9.